The van der Waals surface area contributed by atoms with Crippen molar-refractivity contribution in [3.05, 3.63) is 65.6 Å². The number of aliphatic imine (C=N–C) groups is 1. The van der Waals surface area contributed by atoms with E-state index >= 15 is 0 Å². The number of hydrogen-bond acceptors (Lipinski definition) is 6. The van der Waals surface area contributed by atoms with E-state index in [1.165, 1.54) is 0 Å². The molecule has 0 fully saturated rings. The molecule has 0 aliphatic carbocycles. The number of carbonyl (C=O) groups excluding carboxylic acids is 1. The third kappa shape index (κ3) is 7.29. The number of aromatic nitrogens is 3. The molecule has 0 saturated heterocycles. The molecule has 0 aliphatic heterocycles. The first-order chi connectivity index (χ1) is 15.1. The van der Waals surface area contributed by atoms with Crippen LogP contribution in [0.25, 0.3) is 11.6 Å². The number of benzene rings is 1. The number of nitrogens with zero attached hydrogens (tertiary/aromatic N) is 5. The summed E-state index contributed by atoms with van der Waals surface area (Å²) in [5, 5.41) is 10.5. The molecule has 0 bridgehead atoms. The summed E-state index contributed by atoms with van der Waals surface area (Å²) in [7, 11) is 5.22. The molecular weight excluding hydrogens is 521 g/mol. The second kappa shape index (κ2) is 12.7. The molecule has 9 nitrogen and oxygen atoms in total. The number of carbonyl (C=O) groups is 1. The average molecular weight is 549 g/mol. The molecule has 32 heavy (non-hydrogen) atoms. The Morgan fingerprint density at radius 1 is 1.09 bits per heavy atom. The molecule has 1 aromatic carbocycles. The zero-order valence-corrected chi connectivity index (χ0v) is 20.7. The number of rotatable bonds is 8. The van der Waals surface area contributed by atoms with Crippen LogP contribution in [0.4, 0.5) is 0 Å². The van der Waals surface area contributed by atoms with Crippen molar-refractivity contribution >= 4 is 35.8 Å². The molecule has 1 amide bonds. The van der Waals surface area contributed by atoms with Crippen molar-refractivity contribution in [2.24, 2.45) is 4.99 Å². The Labute approximate surface area is 204 Å². The lowest BCUT2D eigenvalue weighted by Crippen LogP contribution is -2.39. The topological polar surface area (TPSA) is 109 Å². The van der Waals surface area contributed by atoms with Gasteiger partial charge in [-0.2, -0.15) is 4.98 Å². The van der Waals surface area contributed by atoms with Gasteiger partial charge >= 0.3 is 0 Å². The fraction of sp³-hybridized carbons (Fsp3) is 0.318. The van der Waals surface area contributed by atoms with E-state index in [9.17, 15) is 4.79 Å². The highest BCUT2D eigenvalue weighted by atomic mass is 127. The second-order valence-corrected chi connectivity index (χ2v) is 7.06. The van der Waals surface area contributed by atoms with Crippen LogP contribution in [-0.4, -0.2) is 66.1 Å². The zero-order valence-electron chi connectivity index (χ0n) is 18.4. The molecule has 2 heterocycles. The molecule has 10 heteroatoms. The third-order valence-corrected chi connectivity index (χ3v) is 4.50. The Balaban J connectivity index is 0.00000363. The number of amides is 1. The van der Waals surface area contributed by atoms with Crippen molar-refractivity contribution < 1.29 is 9.32 Å². The summed E-state index contributed by atoms with van der Waals surface area (Å²) in [6.45, 7) is 1.29. The van der Waals surface area contributed by atoms with Crippen molar-refractivity contribution in [2.45, 2.75) is 12.8 Å². The monoisotopic (exact) mass is 549 g/mol. The highest BCUT2D eigenvalue weighted by molar-refractivity contribution is 14.0. The van der Waals surface area contributed by atoms with Gasteiger partial charge in [0.1, 0.15) is 5.69 Å². The highest BCUT2D eigenvalue weighted by Crippen LogP contribution is 2.13. The van der Waals surface area contributed by atoms with Gasteiger partial charge < -0.3 is 20.1 Å². The Kier molecular flexibility index (Phi) is 10.1. The predicted molar refractivity (Wildman–Crippen MR) is 134 cm³/mol. The van der Waals surface area contributed by atoms with Gasteiger partial charge in [0.05, 0.1) is 0 Å². The van der Waals surface area contributed by atoms with E-state index in [1.54, 1.807) is 32.2 Å². The number of pyridine rings is 1. The van der Waals surface area contributed by atoms with Gasteiger partial charge in [0.2, 0.25) is 0 Å². The first kappa shape index (κ1) is 25.2. The van der Waals surface area contributed by atoms with Crippen molar-refractivity contribution in [2.75, 3.05) is 34.2 Å². The predicted octanol–water partition coefficient (Wildman–Crippen LogP) is 2.40. The maximum absolute atomic E-state index is 12.1. The smallest absolute Gasteiger partial charge is 0.276 e. The largest absolute Gasteiger partial charge is 0.356 e. The van der Waals surface area contributed by atoms with E-state index < -0.39 is 0 Å². The van der Waals surface area contributed by atoms with Crippen LogP contribution in [-0.2, 0) is 12.8 Å². The van der Waals surface area contributed by atoms with Gasteiger partial charge in [0.15, 0.2) is 11.8 Å². The van der Waals surface area contributed by atoms with Crippen molar-refractivity contribution in [1.29, 1.82) is 0 Å². The number of hydrogen-bond donors (Lipinski definition) is 2. The van der Waals surface area contributed by atoms with E-state index in [-0.39, 0.29) is 29.9 Å². The van der Waals surface area contributed by atoms with Gasteiger partial charge in [-0.15, -0.1) is 24.0 Å². The maximum atomic E-state index is 12.1. The Bertz CT molecular complexity index is 1020. The minimum absolute atomic E-state index is 0. The quantitative estimate of drug-likeness (QED) is 0.253. The second-order valence-electron chi connectivity index (χ2n) is 7.06. The van der Waals surface area contributed by atoms with Gasteiger partial charge in [0.25, 0.3) is 11.8 Å². The average Bonchev–Trinajstić information content (AvgIpc) is 3.27. The first-order valence-electron chi connectivity index (χ1n) is 10.1. The Hall–Kier alpha value is -3.02. The van der Waals surface area contributed by atoms with E-state index in [1.807, 2.05) is 42.5 Å². The van der Waals surface area contributed by atoms with E-state index in [0.717, 1.165) is 12.0 Å². The Morgan fingerprint density at radius 3 is 2.56 bits per heavy atom. The molecule has 0 unspecified atom stereocenters. The van der Waals surface area contributed by atoms with Crippen molar-refractivity contribution in [3.8, 4) is 11.6 Å². The molecule has 0 saturated carbocycles. The maximum Gasteiger partial charge on any atom is 0.276 e. The molecule has 0 spiro atoms. The number of nitrogens with one attached hydrogen (secondary N) is 2. The standard InChI is InChI=1S/C22H27N7O2.HI/c1-23-22(25-13-10-16-7-6-8-17(15-16)21(30)29(2)3)26-14-11-19-27-20(31-28-19)18-9-4-5-12-24-18;/h4-9,12,15H,10-11,13-14H2,1-3H3,(H2,23,25,26);1H. The van der Waals surface area contributed by atoms with Crippen molar-refractivity contribution in [3.63, 3.8) is 0 Å². The summed E-state index contributed by atoms with van der Waals surface area (Å²) in [5.41, 5.74) is 2.43. The van der Waals surface area contributed by atoms with Crippen LogP contribution < -0.4 is 10.6 Å². The van der Waals surface area contributed by atoms with Crippen LogP contribution in [0.15, 0.2) is 58.2 Å². The molecule has 0 atom stereocenters. The summed E-state index contributed by atoms with van der Waals surface area (Å²) in [4.78, 5) is 26.5. The summed E-state index contributed by atoms with van der Waals surface area (Å²) in [5.74, 6) is 1.70. The van der Waals surface area contributed by atoms with Gasteiger partial charge in [0, 0.05) is 52.4 Å². The van der Waals surface area contributed by atoms with Gasteiger partial charge in [-0.25, -0.2) is 0 Å². The summed E-state index contributed by atoms with van der Waals surface area (Å²) in [6.07, 6.45) is 3.05. The molecule has 0 aliphatic rings. The van der Waals surface area contributed by atoms with E-state index in [0.29, 0.717) is 48.4 Å². The molecular formula is C22H28IN7O2. The lowest BCUT2D eigenvalue weighted by Gasteiger charge is -2.13. The first-order valence-corrected chi connectivity index (χ1v) is 10.1. The summed E-state index contributed by atoms with van der Waals surface area (Å²) < 4.78 is 5.27. The number of guanidine groups is 1. The molecule has 3 aromatic rings. The van der Waals surface area contributed by atoms with Crippen LogP contribution in [0.5, 0.6) is 0 Å². The van der Waals surface area contributed by atoms with Gasteiger partial charge in [-0.3, -0.25) is 14.8 Å². The summed E-state index contributed by atoms with van der Waals surface area (Å²) >= 11 is 0. The lowest BCUT2D eigenvalue weighted by atomic mass is 10.1. The molecule has 2 N–H and O–H groups in total. The van der Waals surface area contributed by atoms with Crippen LogP contribution in [0.3, 0.4) is 0 Å². The Morgan fingerprint density at radius 2 is 1.88 bits per heavy atom. The van der Waals surface area contributed by atoms with Crippen molar-refractivity contribution in [1.82, 2.24) is 30.7 Å². The summed E-state index contributed by atoms with van der Waals surface area (Å²) in [6, 6.07) is 13.2. The SMILES string of the molecule is CN=C(NCCc1cccc(C(=O)N(C)C)c1)NCCc1noc(-c2ccccn2)n1.I. The van der Waals surface area contributed by atoms with E-state index in [4.69, 9.17) is 4.52 Å². The normalized spacial score (nSPS) is 10.9. The molecule has 0 radical (unpaired) electrons. The highest BCUT2D eigenvalue weighted by Gasteiger charge is 2.10. The third-order valence-electron chi connectivity index (χ3n) is 4.50. The van der Waals surface area contributed by atoms with Crippen LogP contribution in [0.1, 0.15) is 21.7 Å². The van der Waals surface area contributed by atoms with E-state index in [2.05, 4.69) is 30.8 Å². The van der Waals surface area contributed by atoms with Gasteiger partial charge in [-0.1, -0.05) is 23.4 Å². The zero-order chi connectivity index (χ0) is 22.1. The fourth-order valence-corrected chi connectivity index (χ4v) is 2.91. The van der Waals surface area contributed by atoms with Crippen LogP contribution in [0.2, 0.25) is 0 Å². The minimum Gasteiger partial charge on any atom is -0.356 e. The minimum atomic E-state index is -0.0000424. The van der Waals surface area contributed by atoms with Gasteiger partial charge in [-0.05, 0) is 36.2 Å². The number of halogens is 1. The molecule has 170 valence electrons. The molecule has 3 rings (SSSR count). The van der Waals surface area contributed by atoms with Crippen LogP contribution in [0, 0.1) is 0 Å². The lowest BCUT2D eigenvalue weighted by molar-refractivity contribution is 0.0827. The molecule has 2 aromatic heterocycles. The van der Waals surface area contributed by atoms with Crippen LogP contribution >= 0.6 is 24.0 Å². The fourth-order valence-electron chi connectivity index (χ4n) is 2.91.